The monoisotopic (exact) mass is 242 g/mol. The highest BCUT2D eigenvalue weighted by molar-refractivity contribution is 5.96. The summed E-state index contributed by atoms with van der Waals surface area (Å²) in [7, 11) is 0. The number of nitrogens with zero attached hydrogens (tertiary/aromatic N) is 2. The number of rotatable bonds is 5. The van der Waals surface area contributed by atoms with Crippen LogP contribution in [0.4, 0.5) is 0 Å². The molecule has 0 unspecified atom stereocenters. The first kappa shape index (κ1) is 12.6. The number of carbonyl (C=O) groups excluding carboxylic acids is 1. The Balaban J connectivity index is 2.14. The Morgan fingerprint density at radius 2 is 2.00 bits per heavy atom. The van der Waals surface area contributed by atoms with Crippen molar-refractivity contribution in [2.45, 2.75) is 32.6 Å². The van der Waals surface area contributed by atoms with Crippen LogP contribution in [0.3, 0.4) is 0 Å². The minimum absolute atomic E-state index is 0.000372. The molecule has 0 amide bonds. The van der Waals surface area contributed by atoms with Gasteiger partial charge in [-0.25, -0.2) is 4.98 Å². The molecule has 0 bridgehead atoms. The Labute approximate surface area is 107 Å². The van der Waals surface area contributed by atoms with Crippen molar-refractivity contribution >= 4 is 5.91 Å². The van der Waals surface area contributed by atoms with Crippen molar-refractivity contribution in [3.05, 3.63) is 54.1 Å². The molecule has 1 aromatic carbocycles. The maximum Gasteiger partial charge on any atom is 0.263 e. The van der Waals surface area contributed by atoms with Crippen LogP contribution in [0, 0.1) is 0 Å². The molecule has 2 rings (SSSR count). The summed E-state index contributed by atoms with van der Waals surface area (Å²) >= 11 is 0. The minimum atomic E-state index is -0.000372. The number of carbonyl (C=O) groups is 1. The van der Waals surface area contributed by atoms with Gasteiger partial charge >= 0.3 is 0 Å². The van der Waals surface area contributed by atoms with Crippen LogP contribution in [0.15, 0.2) is 42.7 Å². The summed E-state index contributed by atoms with van der Waals surface area (Å²) in [6.45, 7) is 2.17. The first-order valence-electron chi connectivity index (χ1n) is 6.45. The van der Waals surface area contributed by atoms with E-state index in [0.717, 1.165) is 18.7 Å². The molecule has 0 spiro atoms. The van der Waals surface area contributed by atoms with Crippen LogP contribution in [0.1, 0.15) is 42.4 Å². The lowest BCUT2D eigenvalue weighted by atomic mass is 10.2. The maximum absolute atomic E-state index is 12.3. The highest BCUT2D eigenvalue weighted by Crippen LogP contribution is 2.09. The zero-order valence-corrected chi connectivity index (χ0v) is 10.7. The fourth-order valence-electron chi connectivity index (χ4n) is 1.96. The minimum Gasteiger partial charge on any atom is -0.270 e. The molecule has 0 fully saturated rings. The van der Waals surface area contributed by atoms with Gasteiger partial charge in [-0.05, 0) is 18.6 Å². The summed E-state index contributed by atoms with van der Waals surface area (Å²) in [6.07, 6.45) is 7.73. The smallest absolute Gasteiger partial charge is 0.263 e. The number of hydrogen-bond acceptors (Lipinski definition) is 2. The van der Waals surface area contributed by atoms with Crippen LogP contribution in [0.5, 0.6) is 0 Å². The van der Waals surface area contributed by atoms with Crippen LogP contribution >= 0.6 is 0 Å². The molecule has 0 saturated heterocycles. The van der Waals surface area contributed by atoms with Crippen molar-refractivity contribution in [3.8, 4) is 0 Å². The van der Waals surface area contributed by atoms with Crippen LogP contribution < -0.4 is 0 Å². The normalized spacial score (nSPS) is 10.5. The molecule has 0 aliphatic rings. The van der Waals surface area contributed by atoms with Gasteiger partial charge in [-0.1, -0.05) is 38.0 Å². The molecule has 0 N–H and O–H groups in total. The van der Waals surface area contributed by atoms with Crippen molar-refractivity contribution in [2.75, 3.05) is 0 Å². The third-order valence-corrected chi connectivity index (χ3v) is 2.96. The largest absolute Gasteiger partial charge is 0.270 e. The number of aryl methyl sites for hydroxylation is 1. The molecule has 0 radical (unpaired) electrons. The average Bonchev–Trinajstić information content (AvgIpc) is 2.88. The number of hydrogen-bond donors (Lipinski definition) is 0. The summed E-state index contributed by atoms with van der Waals surface area (Å²) in [6, 6.07) is 9.32. The highest BCUT2D eigenvalue weighted by atomic mass is 16.2. The Morgan fingerprint density at radius 1 is 1.22 bits per heavy atom. The molecule has 94 valence electrons. The van der Waals surface area contributed by atoms with Crippen LogP contribution in [-0.4, -0.2) is 15.5 Å². The van der Waals surface area contributed by atoms with E-state index < -0.39 is 0 Å². The van der Waals surface area contributed by atoms with Crippen molar-refractivity contribution in [2.24, 2.45) is 0 Å². The van der Waals surface area contributed by atoms with E-state index in [1.807, 2.05) is 30.3 Å². The van der Waals surface area contributed by atoms with Gasteiger partial charge in [0.1, 0.15) is 5.82 Å². The van der Waals surface area contributed by atoms with E-state index in [4.69, 9.17) is 0 Å². The summed E-state index contributed by atoms with van der Waals surface area (Å²) < 4.78 is 1.66. The van der Waals surface area contributed by atoms with E-state index in [1.165, 1.54) is 12.8 Å². The standard InChI is InChI=1S/C15H18N2O/c1-2-3-5-10-14-16-11-12-17(14)15(18)13-8-6-4-7-9-13/h4,6-9,11-12H,2-3,5,10H2,1H3. The van der Waals surface area contributed by atoms with Gasteiger partial charge in [0.2, 0.25) is 0 Å². The fraction of sp³-hybridized carbons (Fsp3) is 0.333. The van der Waals surface area contributed by atoms with Crippen LogP contribution in [-0.2, 0) is 6.42 Å². The highest BCUT2D eigenvalue weighted by Gasteiger charge is 2.11. The van der Waals surface area contributed by atoms with Gasteiger partial charge in [0.15, 0.2) is 0 Å². The molecular weight excluding hydrogens is 224 g/mol. The second kappa shape index (κ2) is 6.15. The number of aromatic nitrogens is 2. The van der Waals surface area contributed by atoms with E-state index in [9.17, 15) is 4.79 Å². The second-order valence-electron chi connectivity index (χ2n) is 4.34. The van der Waals surface area contributed by atoms with E-state index in [-0.39, 0.29) is 5.91 Å². The number of imidazole rings is 1. The summed E-state index contributed by atoms with van der Waals surface area (Å²) in [4.78, 5) is 16.6. The van der Waals surface area contributed by atoms with E-state index in [0.29, 0.717) is 5.56 Å². The molecule has 3 nitrogen and oxygen atoms in total. The molecule has 1 aromatic heterocycles. The third kappa shape index (κ3) is 2.86. The van der Waals surface area contributed by atoms with Crippen molar-refractivity contribution < 1.29 is 4.79 Å². The summed E-state index contributed by atoms with van der Waals surface area (Å²) in [5.74, 6) is 0.858. The first-order chi connectivity index (χ1) is 8.83. The summed E-state index contributed by atoms with van der Waals surface area (Å²) in [5.41, 5.74) is 0.701. The molecule has 0 aliphatic carbocycles. The van der Waals surface area contributed by atoms with Crippen molar-refractivity contribution in [1.29, 1.82) is 0 Å². The number of unbranched alkanes of at least 4 members (excludes halogenated alkanes) is 2. The topological polar surface area (TPSA) is 34.9 Å². The predicted octanol–water partition coefficient (Wildman–Crippen LogP) is 3.30. The van der Waals surface area contributed by atoms with Crippen molar-refractivity contribution in [3.63, 3.8) is 0 Å². The molecular formula is C15H18N2O. The van der Waals surface area contributed by atoms with Crippen molar-refractivity contribution in [1.82, 2.24) is 9.55 Å². The quantitative estimate of drug-likeness (QED) is 0.754. The maximum atomic E-state index is 12.3. The zero-order valence-electron chi connectivity index (χ0n) is 10.7. The third-order valence-electron chi connectivity index (χ3n) is 2.96. The molecule has 3 heteroatoms. The zero-order chi connectivity index (χ0) is 12.8. The fourth-order valence-corrected chi connectivity index (χ4v) is 1.96. The SMILES string of the molecule is CCCCCc1nccn1C(=O)c1ccccc1. The first-order valence-corrected chi connectivity index (χ1v) is 6.45. The van der Waals surface area contributed by atoms with Gasteiger partial charge < -0.3 is 0 Å². The Bertz CT molecular complexity index is 502. The van der Waals surface area contributed by atoms with E-state index in [1.54, 1.807) is 17.0 Å². The van der Waals surface area contributed by atoms with Gasteiger partial charge in [-0.15, -0.1) is 0 Å². The van der Waals surface area contributed by atoms with E-state index in [2.05, 4.69) is 11.9 Å². The lowest BCUT2D eigenvalue weighted by Crippen LogP contribution is -2.14. The van der Waals surface area contributed by atoms with Gasteiger partial charge in [0, 0.05) is 24.4 Å². The Kier molecular flexibility index (Phi) is 4.29. The second-order valence-corrected chi connectivity index (χ2v) is 4.34. The average molecular weight is 242 g/mol. The summed E-state index contributed by atoms with van der Waals surface area (Å²) in [5, 5.41) is 0. The molecule has 0 atom stereocenters. The van der Waals surface area contributed by atoms with Crippen LogP contribution in [0.2, 0.25) is 0 Å². The molecule has 0 saturated carbocycles. The molecule has 2 aromatic rings. The lowest BCUT2D eigenvalue weighted by Gasteiger charge is -2.06. The Morgan fingerprint density at radius 3 is 2.72 bits per heavy atom. The molecule has 18 heavy (non-hydrogen) atoms. The molecule has 0 aliphatic heterocycles. The van der Waals surface area contributed by atoms with Crippen LogP contribution in [0.25, 0.3) is 0 Å². The number of benzene rings is 1. The lowest BCUT2D eigenvalue weighted by molar-refractivity contribution is 0.0956. The molecule has 1 heterocycles. The van der Waals surface area contributed by atoms with Gasteiger partial charge in [-0.2, -0.15) is 0 Å². The van der Waals surface area contributed by atoms with E-state index >= 15 is 0 Å². The van der Waals surface area contributed by atoms with Gasteiger partial charge in [0.25, 0.3) is 5.91 Å². The Hall–Kier alpha value is -1.90. The predicted molar refractivity (Wildman–Crippen MR) is 71.6 cm³/mol. The van der Waals surface area contributed by atoms with Gasteiger partial charge in [-0.3, -0.25) is 9.36 Å². The van der Waals surface area contributed by atoms with Gasteiger partial charge in [0.05, 0.1) is 0 Å².